The van der Waals surface area contributed by atoms with Gasteiger partial charge in [0.2, 0.25) is 11.8 Å². The number of ketones is 1. The third kappa shape index (κ3) is 5.36. The number of benzene rings is 1. The minimum Gasteiger partial charge on any atom is -0.444 e. The van der Waals surface area contributed by atoms with Gasteiger partial charge in [-0.1, -0.05) is 45.9 Å². The summed E-state index contributed by atoms with van der Waals surface area (Å²) in [6.07, 6.45) is -0.0924. The highest BCUT2D eigenvalue weighted by molar-refractivity contribution is 6.24. The fourth-order valence-corrected chi connectivity index (χ4v) is 4.99. The quantitative estimate of drug-likeness (QED) is 0.622. The van der Waals surface area contributed by atoms with E-state index in [2.05, 4.69) is 10.6 Å². The van der Waals surface area contributed by atoms with Gasteiger partial charge in [0.05, 0.1) is 5.41 Å². The first-order valence-corrected chi connectivity index (χ1v) is 12.4. The lowest BCUT2D eigenvalue weighted by Crippen LogP contribution is -2.69. The third-order valence-electron chi connectivity index (χ3n) is 6.91. The number of nitrogens with one attached hydrogen (secondary N) is 2. The number of amides is 3. The summed E-state index contributed by atoms with van der Waals surface area (Å²) in [6.45, 7) is 15.6. The molecule has 192 valence electrons. The second-order valence-corrected chi connectivity index (χ2v) is 11.6. The third-order valence-corrected chi connectivity index (χ3v) is 6.91. The van der Waals surface area contributed by atoms with Crippen molar-refractivity contribution in [3.8, 4) is 0 Å². The number of anilines is 1. The first kappa shape index (κ1) is 26.7. The van der Waals surface area contributed by atoms with Crippen LogP contribution in [0.25, 0.3) is 0 Å². The number of nitrogens with zero attached hydrogens (tertiary/aromatic N) is 1. The zero-order valence-corrected chi connectivity index (χ0v) is 22.2. The molecule has 0 spiro atoms. The van der Waals surface area contributed by atoms with Crippen molar-refractivity contribution in [1.29, 1.82) is 0 Å². The largest absolute Gasteiger partial charge is 0.444 e. The zero-order valence-electron chi connectivity index (χ0n) is 22.2. The van der Waals surface area contributed by atoms with Crippen molar-refractivity contribution >= 4 is 29.4 Å². The highest BCUT2D eigenvalue weighted by atomic mass is 16.6. The summed E-state index contributed by atoms with van der Waals surface area (Å²) in [5.74, 6) is -2.91. The summed E-state index contributed by atoms with van der Waals surface area (Å²) in [7, 11) is 0. The van der Waals surface area contributed by atoms with Crippen LogP contribution in [0.2, 0.25) is 0 Å². The topological polar surface area (TPSA) is 105 Å². The Balaban J connectivity index is 1.88. The summed E-state index contributed by atoms with van der Waals surface area (Å²) in [6, 6.07) is 5.41. The second kappa shape index (κ2) is 9.63. The Kier molecular flexibility index (Phi) is 7.34. The number of hydrogen-bond donors (Lipinski definition) is 2. The first-order valence-electron chi connectivity index (χ1n) is 12.4. The number of fused-ring (bicyclic) bond motifs is 1. The minimum atomic E-state index is -1.49. The fraction of sp³-hybridized carbons (Fsp3) is 0.630. The monoisotopic (exact) mass is 485 g/mol. The van der Waals surface area contributed by atoms with Crippen LogP contribution in [0, 0.1) is 11.3 Å². The van der Waals surface area contributed by atoms with Gasteiger partial charge in [0, 0.05) is 24.8 Å². The van der Waals surface area contributed by atoms with Crippen LogP contribution in [0.4, 0.5) is 10.5 Å². The van der Waals surface area contributed by atoms with Gasteiger partial charge >= 0.3 is 6.09 Å². The Bertz CT molecular complexity index is 1000. The van der Waals surface area contributed by atoms with Gasteiger partial charge in [-0.3, -0.25) is 14.4 Å². The molecule has 8 nitrogen and oxygen atoms in total. The Labute approximate surface area is 208 Å². The number of rotatable bonds is 4. The molecule has 2 fully saturated rings. The van der Waals surface area contributed by atoms with Crippen LogP contribution < -0.4 is 10.6 Å². The highest BCUT2D eigenvalue weighted by Crippen LogP contribution is 2.39. The van der Waals surface area contributed by atoms with Gasteiger partial charge in [0.1, 0.15) is 5.60 Å². The van der Waals surface area contributed by atoms with Crippen LogP contribution in [0.1, 0.15) is 84.8 Å². The maximum Gasteiger partial charge on any atom is 0.410 e. The molecule has 3 amide bonds. The molecule has 1 aromatic rings. The average molecular weight is 486 g/mol. The van der Waals surface area contributed by atoms with E-state index in [1.54, 1.807) is 27.7 Å². The van der Waals surface area contributed by atoms with Crippen molar-refractivity contribution in [2.24, 2.45) is 11.3 Å². The minimum absolute atomic E-state index is 0.0787. The van der Waals surface area contributed by atoms with E-state index in [9.17, 15) is 19.2 Å². The molecule has 35 heavy (non-hydrogen) atoms. The number of Topliss-reactive ketones (excluding diaryl/α,β-unsaturated/α-hetero) is 1. The van der Waals surface area contributed by atoms with Gasteiger partial charge in [-0.15, -0.1) is 0 Å². The fourth-order valence-electron chi connectivity index (χ4n) is 4.99. The Hall–Kier alpha value is -2.90. The molecule has 0 saturated carbocycles. The predicted molar refractivity (Wildman–Crippen MR) is 134 cm³/mol. The van der Waals surface area contributed by atoms with E-state index in [0.29, 0.717) is 18.7 Å². The molecule has 1 aromatic carbocycles. The molecule has 0 radical (unpaired) electrons. The van der Waals surface area contributed by atoms with Gasteiger partial charge in [-0.2, -0.15) is 0 Å². The molecule has 2 aliphatic heterocycles. The van der Waals surface area contributed by atoms with Crippen molar-refractivity contribution in [2.45, 2.75) is 85.3 Å². The maximum atomic E-state index is 13.7. The van der Waals surface area contributed by atoms with E-state index >= 15 is 0 Å². The van der Waals surface area contributed by atoms with Gasteiger partial charge in [0.25, 0.3) is 0 Å². The molecular weight excluding hydrogens is 446 g/mol. The summed E-state index contributed by atoms with van der Waals surface area (Å²) >= 11 is 0. The summed E-state index contributed by atoms with van der Waals surface area (Å²) in [5, 5.41) is 5.81. The normalized spacial score (nSPS) is 24.8. The molecule has 2 saturated heterocycles. The number of hydrogen-bond acceptors (Lipinski definition) is 5. The standard InChI is InChI=1S/C27H39N3O5/c1-15(2)17-10-9-11-18(16(3)4)21(17)29-24(33)20-22(31)27(8)14-30(25(34)35-26(5,6)7)13-12-19(27)28-23(20)32/h9-11,15-16,19-20H,12-14H2,1-8H3,(H,28,32)(H,29,33)/t19-,20?,27-/m1/s1. The van der Waals surface area contributed by atoms with Crippen LogP contribution in [0.15, 0.2) is 18.2 Å². The molecule has 2 heterocycles. The lowest BCUT2D eigenvalue weighted by molar-refractivity contribution is -0.153. The molecule has 0 aromatic heterocycles. The highest BCUT2D eigenvalue weighted by Gasteiger charge is 2.56. The summed E-state index contributed by atoms with van der Waals surface area (Å²) in [4.78, 5) is 54.3. The predicted octanol–water partition coefficient (Wildman–Crippen LogP) is 4.20. The van der Waals surface area contributed by atoms with Crippen LogP contribution in [-0.4, -0.2) is 53.3 Å². The van der Waals surface area contributed by atoms with Crippen LogP contribution in [-0.2, 0) is 19.1 Å². The average Bonchev–Trinajstić information content (AvgIpc) is 2.73. The number of carbonyl (C=O) groups is 4. The van der Waals surface area contributed by atoms with Gasteiger partial charge in [-0.25, -0.2) is 4.79 Å². The van der Waals surface area contributed by atoms with Crippen LogP contribution in [0.3, 0.4) is 0 Å². The molecule has 2 N–H and O–H groups in total. The molecule has 0 aliphatic carbocycles. The summed E-state index contributed by atoms with van der Waals surface area (Å²) in [5.41, 5.74) is 0.801. The number of ether oxygens (including phenoxy) is 1. The molecule has 3 atom stereocenters. The Morgan fingerprint density at radius 2 is 1.69 bits per heavy atom. The van der Waals surface area contributed by atoms with E-state index in [1.807, 2.05) is 45.9 Å². The molecule has 2 aliphatic rings. The lowest BCUT2D eigenvalue weighted by Gasteiger charge is -2.49. The smallest absolute Gasteiger partial charge is 0.410 e. The van der Waals surface area contributed by atoms with E-state index in [-0.39, 0.29) is 18.4 Å². The maximum absolute atomic E-state index is 13.7. The number of carbonyl (C=O) groups excluding carboxylic acids is 4. The van der Waals surface area contributed by atoms with E-state index in [1.165, 1.54) is 4.90 Å². The van der Waals surface area contributed by atoms with Crippen molar-refractivity contribution in [3.63, 3.8) is 0 Å². The molecule has 8 heteroatoms. The Morgan fingerprint density at radius 3 is 2.20 bits per heavy atom. The number of likely N-dealkylation sites (tertiary alicyclic amines) is 1. The summed E-state index contributed by atoms with van der Waals surface area (Å²) < 4.78 is 5.49. The van der Waals surface area contributed by atoms with Gasteiger partial charge < -0.3 is 20.3 Å². The van der Waals surface area contributed by atoms with E-state index in [0.717, 1.165) is 11.1 Å². The SMILES string of the molecule is CC(C)c1cccc(C(C)C)c1NC(=O)C1C(=O)N[C@@H]2CCN(C(=O)OC(C)(C)C)C[C@@]2(C)C1=O. The van der Waals surface area contributed by atoms with Crippen molar-refractivity contribution < 1.29 is 23.9 Å². The number of para-hydroxylation sites is 1. The van der Waals surface area contributed by atoms with E-state index in [4.69, 9.17) is 4.74 Å². The van der Waals surface area contributed by atoms with Gasteiger partial charge in [-0.05, 0) is 57.1 Å². The van der Waals surface area contributed by atoms with Gasteiger partial charge in [0.15, 0.2) is 11.7 Å². The first-order chi connectivity index (χ1) is 16.2. The molecule has 0 bridgehead atoms. The zero-order chi connectivity index (χ0) is 26.3. The molecule has 1 unspecified atom stereocenters. The molecular formula is C27H39N3O5. The second-order valence-electron chi connectivity index (χ2n) is 11.6. The molecule has 3 rings (SSSR count). The van der Waals surface area contributed by atoms with Crippen molar-refractivity contribution in [3.05, 3.63) is 29.3 Å². The van der Waals surface area contributed by atoms with Crippen LogP contribution >= 0.6 is 0 Å². The number of piperidine rings is 2. The lowest BCUT2D eigenvalue weighted by atomic mass is 9.67. The van der Waals surface area contributed by atoms with E-state index < -0.39 is 46.7 Å². The van der Waals surface area contributed by atoms with Crippen LogP contribution in [0.5, 0.6) is 0 Å². The van der Waals surface area contributed by atoms with Crippen molar-refractivity contribution in [2.75, 3.05) is 18.4 Å². The Morgan fingerprint density at radius 1 is 1.11 bits per heavy atom. The van der Waals surface area contributed by atoms with Crippen molar-refractivity contribution in [1.82, 2.24) is 10.2 Å².